The second-order valence-electron chi connectivity index (χ2n) is 9.23. The van der Waals surface area contributed by atoms with Crippen LogP contribution in [0, 0.1) is 13.8 Å². The van der Waals surface area contributed by atoms with E-state index in [0.29, 0.717) is 0 Å². The zero-order chi connectivity index (χ0) is 26.2. The first-order valence-corrected chi connectivity index (χ1v) is 12.2. The number of nitrogens with one attached hydrogen (secondary N) is 2. The molecule has 2 heterocycles. The van der Waals surface area contributed by atoms with E-state index in [-0.39, 0.29) is 11.5 Å². The van der Waals surface area contributed by atoms with Crippen LogP contribution in [0.25, 0.3) is 22.1 Å². The third-order valence-corrected chi connectivity index (χ3v) is 6.60. The van der Waals surface area contributed by atoms with Gasteiger partial charge in [0.05, 0.1) is 11.0 Å². The van der Waals surface area contributed by atoms with Crippen LogP contribution in [0.15, 0.2) is 84.9 Å². The molecule has 2 aromatic heterocycles. The fraction of sp³-hybridized carbons (Fsp3) is 0.143. The molecule has 190 valence electrons. The fourth-order valence-corrected chi connectivity index (χ4v) is 4.56. The number of hydrogen-bond donors (Lipinski definition) is 4. The smallest absolute Gasteiger partial charge is 0.164 e. The molecule has 0 aliphatic carbocycles. The highest BCUT2D eigenvalue weighted by atomic mass is 16.3. The minimum atomic E-state index is -0.550. The van der Waals surface area contributed by atoms with Crippen LogP contribution >= 0.6 is 0 Å². The normalized spacial score (nSPS) is 13.0. The predicted octanol–water partition coefficient (Wildman–Crippen LogP) is 5.13. The molecule has 4 aromatic carbocycles. The van der Waals surface area contributed by atoms with E-state index in [9.17, 15) is 10.2 Å². The van der Waals surface area contributed by atoms with Crippen LogP contribution in [0.3, 0.4) is 0 Å². The van der Waals surface area contributed by atoms with Crippen LogP contribution in [-0.2, 0) is 0 Å². The number of anilines is 2. The maximum Gasteiger partial charge on any atom is 0.164 e. The molecule has 0 amide bonds. The van der Waals surface area contributed by atoms with Gasteiger partial charge < -0.3 is 20.8 Å². The van der Waals surface area contributed by atoms with Crippen molar-refractivity contribution in [1.82, 2.24) is 30.0 Å². The number of benzene rings is 4. The molecule has 0 radical (unpaired) electrons. The molecule has 0 unspecified atom stereocenters. The zero-order valence-electron chi connectivity index (χ0n) is 20.8. The van der Waals surface area contributed by atoms with Crippen molar-refractivity contribution >= 4 is 33.4 Å². The van der Waals surface area contributed by atoms with Crippen LogP contribution in [0.2, 0.25) is 0 Å². The summed E-state index contributed by atoms with van der Waals surface area (Å²) in [6.45, 7) is 3.69. The maximum absolute atomic E-state index is 10.1. The number of hydrogen-bond acceptors (Lipinski definition) is 8. The summed E-state index contributed by atoms with van der Waals surface area (Å²) in [6, 6.07) is 26.2. The lowest BCUT2D eigenvalue weighted by atomic mass is 10.1. The van der Waals surface area contributed by atoms with Gasteiger partial charge in [0.15, 0.2) is 12.3 Å². The summed E-state index contributed by atoms with van der Waals surface area (Å²) in [5, 5.41) is 45.3. The molecule has 0 spiro atoms. The van der Waals surface area contributed by atoms with Crippen LogP contribution in [-0.4, -0.2) is 40.2 Å². The molecule has 0 saturated carbocycles. The summed E-state index contributed by atoms with van der Waals surface area (Å²) in [5.41, 5.74) is 6.21. The van der Waals surface area contributed by atoms with Gasteiger partial charge in [0, 0.05) is 11.4 Å². The second-order valence-corrected chi connectivity index (χ2v) is 9.23. The van der Waals surface area contributed by atoms with Gasteiger partial charge in [-0.15, -0.1) is 10.2 Å². The Bertz CT molecular complexity index is 1630. The number of para-hydroxylation sites is 2. The fourth-order valence-electron chi connectivity index (χ4n) is 4.56. The number of phenols is 2. The number of phenolic OH excluding ortho intramolecular Hbond substituents is 2. The van der Waals surface area contributed by atoms with Crippen LogP contribution in [0.5, 0.6) is 11.5 Å². The first kappa shape index (κ1) is 23.3. The van der Waals surface area contributed by atoms with E-state index in [1.807, 2.05) is 96.0 Å². The van der Waals surface area contributed by atoms with E-state index < -0.39 is 12.3 Å². The summed E-state index contributed by atoms with van der Waals surface area (Å²) in [7, 11) is 0. The Hall–Kier alpha value is -5.12. The summed E-state index contributed by atoms with van der Waals surface area (Å²) in [6.07, 6.45) is -1.10. The van der Waals surface area contributed by atoms with Gasteiger partial charge in [-0.2, -0.15) is 0 Å². The van der Waals surface area contributed by atoms with Gasteiger partial charge >= 0.3 is 0 Å². The monoisotopic (exact) mass is 506 g/mol. The van der Waals surface area contributed by atoms with Crippen molar-refractivity contribution in [2.45, 2.75) is 26.2 Å². The van der Waals surface area contributed by atoms with Gasteiger partial charge in [0.25, 0.3) is 0 Å². The molecule has 6 aromatic rings. The molecular formula is C28H26N8O2. The van der Waals surface area contributed by atoms with Crippen molar-refractivity contribution < 1.29 is 10.2 Å². The highest BCUT2D eigenvalue weighted by Crippen LogP contribution is 2.33. The average molecular weight is 507 g/mol. The molecule has 10 nitrogen and oxygen atoms in total. The van der Waals surface area contributed by atoms with Crippen molar-refractivity contribution in [3.63, 3.8) is 0 Å². The number of fused-ring (bicyclic) bond motifs is 2. The SMILES string of the molecule is Cc1cc(N[C@H]([C@@H](Nc2ccc(O)c(C)c2)n2nnc3ccccc32)n2nnc3ccccc32)ccc1O. The summed E-state index contributed by atoms with van der Waals surface area (Å²) in [5.74, 6) is 0.435. The first-order valence-electron chi connectivity index (χ1n) is 12.2. The van der Waals surface area contributed by atoms with Gasteiger partial charge in [-0.1, -0.05) is 34.7 Å². The Morgan fingerprint density at radius 1 is 0.605 bits per heavy atom. The van der Waals surface area contributed by atoms with Crippen molar-refractivity contribution in [2.75, 3.05) is 10.6 Å². The third kappa shape index (κ3) is 4.21. The molecular weight excluding hydrogens is 480 g/mol. The predicted molar refractivity (Wildman–Crippen MR) is 146 cm³/mol. The van der Waals surface area contributed by atoms with Crippen LogP contribution < -0.4 is 10.6 Å². The lowest BCUT2D eigenvalue weighted by Crippen LogP contribution is -2.35. The highest BCUT2D eigenvalue weighted by molar-refractivity contribution is 5.75. The molecule has 2 atom stereocenters. The van der Waals surface area contributed by atoms with Gasteiger partial charge in [0.1, 0.15) is 22.5 Å². The van der Waals surface area contributed by atoms with Crippen molar-refractivity contribution in [3.05, 3.63) is 96.1 Å². The molecule has 0 aliphatic rings. The molecule has 0 fully saturated rings. The average Bonchev–Trinajstić information content (AvgIpc) is 3.55. The summed E-state index contributed by atoms with van der Waals surface area (Å²) >= 11 is 0. The lowest BCUT2D eigenvalue weighted by molar-refractivity contribution is 0.346. The summed E-state index contributed by atoms with van der Waals surface area (Å²) in [4.78, 5) is 0. The van der Waals surface area contributed by atoms with E-state index >= 15 is 0 Å². The first-order chi connectivity index (χ1) is 18.5. The molecule has 0 aliphatic heterocycles. The second kappa shape index (κ2) is 9.40. The number of aromatic nitrogens is 6. The van der Waals surface area contributed by atoms with Gasteiger partial charge in [0.2, 0.25) is 0 Å². The van der Waals surface area contributed by atoms with Gasteiger partial charge in [-0.3, -0.25) is 0 Å². The largest absolute Gasteiger partial charge is 0.508 e. The molecule has 38 heavy (non-hydrogen) atoms. The van der Waals surface area contributed by atoms with Crippen LogP contribution in [0.4, 0.5) is 11.4 Å². The Morgan fingerprint density at radius 2 is 1.03 bits per heavy atom. The summed E-state index contributed by atoms with van der Waals surface area (Å²) < 4.78 is 3.64. The molecule has 0 saturated heterocycles. The van der Waals surface area contributed by atoms with Crippen molar-refractivity contribution in [1.29, 1.82) is 0 Å². The van der Waals surface area contributed by atoms with E-state index in [1.54, 1.807) is 12.1 Å². The minimum Gasteiger partial charge on any atom is -0.508 e. The molecule has 6 rings (SSSR count). The minimum absolute atomic E-state index is 0.217. The Kier molecular flexibility index (Phi) is 5.76. The lowest BCUT2D eigenvalue weighted by Gasteiger charge is -2.31. The van der Waals surface area contributed by atoms with Gasteiger partial charge in [-0.05, 0) is 85.6 Å². The Morgan fingerprint density at radius 3 is 1.45 bits per heavy atom. The number of aromatic hydroxyl groups is 2. The van der Waals surface area contributed by atoms with E-state index in [1.165, 1.54) is 0 Å². The quantitative estimate of drug-likeness (QED) is 0.220. The number of aryl methyl sites for hydroxylation is 2. The highest BCUT2D eigenvalue weighted by Gasteiger charge is 2.30. The topological polar surface area (TPSA) is 126 Å². The van der Waals surface area contributed by atoms with Gasteiger partial charge in [-0.25, -0.2) is 9.36 Å². The van der Waals surface area contributed by atoms with Crippen molar-refractivity contribution in [3.8, 4) is 11.5 Å². The Labute approximate surface area is 218 Å². The van der Waals surface area contributed by atoms with E-state index in [2.05, 4.69) is 31.3 Å². The number of rotatable bonds is 7. The zero-order valence-corrected chi connectivity index (χ0v) is 20.8. The standard InChI is InChI=1S/C28H26N8O2/c1-17-15-19(11-13-25(17)37)29-27(35-23-9-5-3-7-21(23)31-33-35)28(30-20-12-14-26(38)18(2)16-20)36-24-10-6-4-8-22(24)32-34-36/h3-16,27-30,37-38H,1-2H3/t27-,28-/m0/s1. The Balaban J connectivity index is 1.55. The molecule has 0 bridgehead atoms. The van der Waals surface area contributed by atoms with Crippen molar-refractivity contribution in [2.24, 2.45) is 0 Å². The molecule has 10 heteroatoms. The number of nitrogens with zero attached hydrogens (tertiary/aromatic N) is 6. The maximum atomic E-state index is 10.1. The van der Waals surface area contributed by atoms with E-state index in [4.69, 9.17) is 0 Å². The molecule has 4 N–H and O–H groups in total. The van der Waals surface area contributed by atoms with E-state index in [0.717, 1.165) is 44.6 Å². The third-order valence-electron chi connectivity index (χ3n) is 6.60. The van der Waals surface area contributed by atoms with Crippen LogP contribution in [0.1, 0.15) is 23.5 Å².